The number of ether oxygens (including phenoxy) is 2. The molecule has 0 saturated heterocycles. The Labute approximate surface area is 168 Å². The van der Waals surface area contributed by atoms with E-state index in [4.69, 9.17) is 9.47 Å². The molecular formula is C22H20N4O3. The minimum absolute atomic E-state index is 0.292. The molecule has 0 atom stereocenters. The van der Waals surface area contributed by atoms with Gasteiger partial charge in [0.05, 0.1) is 31.8 Å². The van der Waals surface area contributed by atoms with Crippen molar-refractivity contribution in [3.8, 4) is 23.0 Å². The molecule has 146 valence electrons. The van der Waals surface area contributed by atoms with Gasteiger partial charge in [-0.25, -0.2) is 4.68 Å². The number of hydrogen-bond donors (Lipinski definition) is 1. The van der Waals surface area contributed by atoms with E-state index >= 15 is 0 Å². The summed E-state index contributed by atoms with van der Waals surface area (Å²) in [5.41, 5.74) is 1.84. The number of carbonyl (C=O) groups is 1. The number of methoxy groups -OCH3 is 2. The van der Waals surface area contributed by atoms with Gasteiger partial charge in [-0.05, 0) is 36.4 Å². The van der Waals surface area contributed by atoms with Crippen molar-refractivity contribution >= 4 is 11.6 Å². The lowest BCUT2D eigenvalue weighted by Crippen LogP contribution is -2.15. The molecule has 7 nitrogen and oxygen atoms in total. The van der Waals surface area contributed by atoms with Crippen molar-refractivity contribution in [2.75, 3.05) is 19.5 Å². The normalized spacial score (nSPS) is 10.6. The highest BCUT2D eigenvalue weighted by Crippen LogP contribution is 2.30. The third-order valence-electron chi connectivity index (χ3n) is 4.50. The molecule has 1 amide bonds. The molecule has 4 aromatic rings. The summed E-state index contributed by atoms with van der Waals surface area (Å²) in [5.74, 6) is 1.51. The topological polar surface area (TPSA) is 70.3 Å². The fraction of sp³-hybridized carbons (Fsp3) is 0.0909. The number of amides is 1. The van der Waals surface area contributed by atoms with Crippen molar-refractivity contribution in [3.63, 3.8) is 0 Å². The van der Waals surface area contributed by atoms with Gasteiger partial charge in [-0.1, -0.05) is 18.2 Å². The van der Waals surface area contributed by atoms with Gasteiger partial charge in [0.2, 0.25) is 0 Å². The first-order valence-corrected chi connectivity index (χ1v) is 9.01. The van der Waals surface area contributed by atoms with Crippen molar-refractivity contribution in [2.45, 2.75) is 0 Å². The number of hydrogen-bond acceptors (Lipinski definition) is 4. The van der Waals surface area contributed by atoms with Gasteiger partial charge < -0.3 is 19.4 Å². The van der Waals surface area contributed by atoms with Crippen LogP contribution in [0.3, 0.4) is 0 Å². The Balaban J connectivity index is 1.74. The number of nitrogens with zero attached hydrogens (tertiary/aromatic N) is 3. The van der Waals surface area contributed by atoms with E-state index < -0.39 is 0 Å². The molecule has 0 aliphatic carbocycles. The SMILES string of the molecule is COc1ccc(NC(=O)c2cnn(-c3ccccc3)c2-n2cccc2)c(OC)c1. The van der Waals surface area contributed by atoms with Gasteiger partial charge in [-0.15, -0.1) is 0 Å². The second kappa shape index (κ2) is 7.93. The number of carbonyl (C=O) groups excluding carboxylic acids is 1. The molecule has 0 radical (unpaired) electrons. The molecule has 0 unspecified atom stereocenters. The van der Waals surface area contributed by atoms with Crippen LogP contribution >= 0.6 is 0 Å². The first-order chi connectivity index (χ1) is 14.2. The van der Waals surface area contributed by atoms with E-state index in [-0.39, 0.29) is 5.91 Å². The Morgan fingerprint density at radius 2 is 1.72 bits per heavy atom. The molecule has 29 heavy (non-hydrogen) atoms. The van der Waals surface area contributed by atoms with E-state index in [1.54, 1.807) is 43.3 Å². The monoisotopic (exact) mass is 388 g/mol. The first-order valence-electron chi connectivity index (χ1n) is 9.01. The van der Waals surface area contributed by atoms with Crippen LogP contribution in [0.1, 0.15) is 10.4 Å². The molecule has 0 spiro atoms. The van der Waals surface area contributed by atoms with Gasteiger partial charge in [0, 0.05) is 18.5 Å². The lowest BCUT2D eigenvalue weighted by atomic mass is 10.2. The zero-order chi connectivity index (χ0) is 20.2. The van der Waals surface area contributed by atoms with E-state index in [1.165, 1.54) is 0 Å². The van der Waals surface area contributed by atoms with Crippen molar-refractivity contribution in [1.82, 2.24) is 14.3 Å². The number of anilines is 1. The van der Waals surface area contributed by atoms with Crippen molar-refractivity contribution in [3.05, 3.63) is 84.8 Å². The zero-order valence-corrected chi connectivity index (χ0v) is 16.1. The second-order valence-corrected chi connectivity index (χ2v) is 6.24. The minimum atomic E-state index is -0.292. The summed E-state index contributed by atoms with van der Waals surface area (Å²) in [6.45, 7) is 0. The maximum atomic E-state index is 13.1. The van der Waals surface area contributed by atoms with Crippen LogP contribution in [0, 0.1) is 0 Å². The van der Waals surface area contributed by atoms with Gasteiger partial charge in [0.1, 0.15) is 17.1 Å². The van der Waals surface area contributed by atoms with E-state index in [0.717, 1.165) is 5.69 Å². The lowest BCUT2D eigenvalue weighted by molar-refractivity contribution is 0.102. The van der Waals surface area contributed by atoms with Crippen LogP contribution in [0.25, 0.3) is 11.5 Å². The largest absolute Gasteiger partial charge is 0.497 e. The third kappa shape index (κ3) is 3.58. The van der Waals surface area contributed by atoms with Crippen LogP contribution in [0.5, 0.6) is 11.5 Å². The van der Waals surface area contributed by atoms with Crippen LogP contribution in [-0.2, 0) is 0 Å². The summed E-state index contributed by atoms with van der Waals surface area (Å²) in [4.78, 5) is 13.1. The van der Waals surface area contributed by atoms with Gasteiger partial charge >= 0.3 is 0 Å². The Morgan fingerprint density at radius 3 is 2.41 bits per heavy atom. The number of nitrogens with one attached hydrogen (secondary N) is 1. The van der Waals surface area contributed by atoms with E-state index in [9.17, 15) is 4.79 Å². The molecule has 0 aliphatic rings. The Hall–Kier alpha value is -4.00. The summed E-state index contributed by atoms with van der Waals surface area (Å²) in [7, 11) is 3.12. The molecular weight excluding hydrogens is 368 g/mol. The zero-order valence-electron chi connectivity index (χ0n) is 16.1. The van der Waals surface area contributed by atoms with Crippen LogP contribution in [0.4, 0.5) is 5.69 Å². The van der Waals surface area contributed by atoms with E-state index in [1.807, 2.05) is 59.4 Å². The molecule has 7 heteroatoms. The number of para-hydroxylation sites is 1. The van der Waals surface area contributed by atoms with Gasteiger partial charge in [-0.2, -0.15) is 5.10 Å². The standard InChI is InChI=1S/C22H20N4O3/c1-28-17-10-11-19(20(14-17)29-2)24-21(27)18-15-23-26(16-8-4-3-5-9-16)22(18)25-12-6-7-13-25/h3-15H,1-2H3,(H,24,27). The summed E-state index contributed by atoms with van der Waals surface area (Å²) in [6, 6.07) is 18.7. The van der Waals surface area contributed by atoms with Crippen molar-refractivity contribution < 1.29 is 14.3 Å². The molecule has 0 bridgehead atoms. The predicted octanol–water partition coefficient (Wildman–Crippen LogP) is 3.93. The molecule has 1 N–H and O–H groups in total. The molecule has 2 heterocycles. The maximum Gasteiger partial charge on any atom is 0.261 e. The van der Waals surface area contributed by atoms with Crippen molar-refractivity contribution in [2.24, 2.45) is 0 Å². The molecule has 0 saturated carbocycles. The highest BCUT2D eigenvalue weighted by molar-refractivity contribution is 6.07. The summed E-state index contributed by atoms with van der Waals surface area (Å²) in [5, 5.41) is 7.37. The van der Waals surface area contributed by atoms with E-state index in [2.05, 4.69) is 10.4 Å². The number of rotatable bonds is 6. The number of aromatic nitrogens is 3. The summed E-state index contributed by atoms with van der Waals surface area (Å²) in [6.07, 6.45) is 5.32. The Morgan fingerprint density at radius 1 is 0.966 bits per heavy atom. The molecule has 0 aliphatic heterocycles. The Bertz CT molecular complexity index is 1120. The highest BCUT2D eigenvalue weighted by Gasteiger charge is 2.21. The molecule has 2 aromatic carbocycles. The van der Waals surface area contributed by atoms with Crippen LogP contribution in [0.15, 0.2) is 79.3 Å². The van der Waals surface area contributed by atoms with Crippen LogP contribution in [0.2, 0.25) is 0 Å². The van der Waals surface area contributed by atoms with Gasteiger partial charge in [0.25, 0.3) is 5.91 Å². The fourth-order valence-corrected chi connectivity index (χ4v) is 3.08. The maximum absolute atomic E-state index is 13.1. The average Bonchev–Trinajstić information content (AvgIpc) is 3.44. The quantitative estimate of drug-likeness (QED) is 0.543. The van der Waals surface area contributed by atoms with Crippen LogP contribution < -0.4 is 14.8 Å². The second-order valence-electron chi connectivity index (χ2n) is 6.24. The first kappa shape index (κ1) is 18.4. The van der Waals surface area contributed by atoms with E-state index in [0.29, 0.717) is 28.6 Å². The third-order valence-corrected chi connectivity index (χ3v) is 4.50. The molecule has 0 fully saturated rings. The highest BCUT2D eigenvalue weighted by atomic mass is 16.5. The molecule has 2 aromatic heterocycles. The Kier molecular flexibility index (Phi) is 5.03. The predicted molar refractivity (Wildman–Crippen MR) is 110 cm³/mol. The minimum Gasteiger partial charge on any atom is -0.497 e. The van der Waals surface area contributed by atoms with Gasteiger partial charge in [-0.3, -0.25) is 4.79 Å². The lowest BCUT2D eigenvalue weighted by Gasteiger charge is -2.13. The van der Waals surface area contributed by atoms with Crippen molar-refractivity contribution in [1.29, 1.82) is 0 Å². The summed E-state index contributed by atoms with van der Waals surface area (Å²) < 4.78 is 14.2. The fourth-order valence-electron chi connectivity index (χ4n) is 3.08. The molecule has 4 rings (SSSR count). The number of benzene rings is 2. The smallest absolute Gasteiger partial charge is 0.261 e. The van der Waals surface area contributed by atoms with Gasteiger partial charge in [0.15, 0.2) is 5.82 Å². The van der Waals surface area contributed by atoms with Crippen LogP contribution in [-0.4, -0.2) is 34.5 Å². The average molecular weight is 388 g/mol. The summed E-state index contributed by atoms with van der Waals surface area (Å²) >= 11 is 0.